The number of methoxy groups -OCH3 is 2. The van der Waals surface area contributed by atoms with Crippen LogP contribution in [0.2, 0.25) is 0 Å². The Balaban J connectivity index is 1.95. The molecule has 4 amide bonds. The summed E-state index contributed by atoms with van der Waals surface area (Å²) in [5.74, 6) is -1.07. The first-order valence-corrected chi connectivity index (χ1v) is 8.28. The largest absolute Gasteiger partial charge is 0.497 e. The summed E-state index contributed by atoms with van der Waals surface area (Å²) >= 11 is 0. The molecular formula is C20H17FN2O5. The van der Waals surface area contributed by atoms with E-state index in [1.54, 1.807) is 18.2 Å². The van der Waals surface area contributed by atoms with Crippen molar-refractivity contribution in [2.24, 2.45) is 0 Å². The molecule has 0 aromatic heterocycles. The summed E-state index contributed by atoms with van der Waals surface area (Å²) in [7, 11) is 2.94. The lowest BCUT2D eigenvalue weighted by atomic mass is 10.1. The van der Waals surface area contributed by atoms with Crippen molar-refractivity contribution >= 4 is 23.9 Å². The number of imide groups is 2. The molecule has 1 heterocycles. The van der Waals surface area contributed by atoms with Gasteiger partial charge in [0, 0.05) is 5.56 Å². The third-order valence-corrected chi connectivity index (χ3v) is 4.18. The van der Waals surface area contributed by atoms with Crippen LogP contribution in [0.4, 0.5) is 9.18 Å². The standard InChI is InChI=1S/C20H17FN2O5/c1-27-15-7-8-17(28-2)13(9-15)10-16-18(24)22-20(26)23(19(16)25)11-12-3-5-14(21)6-4-12/h3-10H,11H2,1-2H3,(H,22,24,26). The van der Waals surface area contributed by atoms with Crippen LogP contribution in [0.25, 0.3) is 6.08 Å². The van der Waals surface area contributed by atoms with Crippen molar-refractivity contribution < 1.29 is 28.2 Å². The summed E-state index contributed by atoms with van der Waals surface area (Å²) in [6.45, 7) is -0.106. The first-order valence-electron chi connectivity index (χ1n) is 8.28. The van der Waals surface area contributed by atoms with Crippen LogP contribution in [0.5, 0.6) is 11.5 Å². The van der Waals surface area contributed by atoms with Crippen LogP contribution in [-0.4, -0.2) is 37.0 Å². The van der Waals surface area contributed by atoms with Crippen molar-refractivity contribution in [1.29, 1.82) is 0 Å². The van der Waals surface area contributed by atoms with Crippen LogP contribution in [-0.2, 0) is 16.1 Å². The van der Waals surface area contributed by atoms with E-state index >= 15 is 0 Å². The highest BCUT2D eigenvalue weighted by molar-refractivity contribution is 6.31. The van der Waals surface area contributed by atoms with E-state index in [0.29, 0.717) is 22.6 Å². The predicted molar refractivity (Wildman–Crippen MR) is 98.0 cm³/mol. The van der Waals surface area contributed by atoms with Crippen LogP contribution in [0, 0.1) is 5.82 Å². The number of carbonyl (C=O) groups is 3. The smallest absolute Gasteiger partial charge is 0.331 e. The normalized spacial score (nSPS) is 15.6. The maximum absolute atomic E-state index is 13.1. The maximum atomic E-state index is 13.1. The summed E-state index contributed by atoms with van der Waals surface area (Å²) in [6.07, 6.45) is 1.34. The van der Waals surface area contributed by atoms with Crippen molar-refractivity contribution in [1.82, 2.24) is 10.2 Å². The van der Waals surface area contributed by atoms with Gasteiger partial charge in [0.15, 0.2) is 0 Å². The zero-order valence-electron chi connectivity index (χ0n) is 15.2. The molecule has 1 aliphatic rings. The van der Waals surface area contributed by atoms with Gasteiger partial charge in [-0.25, -0.2) is 9.18 Å². The van der Waals surface area contributed by atoms with Gasteiger partial charge in [-0.15, -0.1) is 0 Å². The van der Waals surface area contributed by atoms with Crippen LogP contribution in [0.1, 0.15) is 11.1 Å². The van der Waals surface area contributed by atoms with Crippen molar-refractivity contribution in [3.8, 4) is 11.5 Å². The first-order chi connectivity index (χ1) is 13.4. The molecule has 0 aliphatic carbocycles. The number of urea groups is 1. The summed E-state index contributed by atoms with van der Waals surface area (Å²) in [5, 5.41) is 2.14. The Morgan fingerprint density at radius 2 is 1.75 bits per heavy atom. The molecule has 28 heavy (non-hydrogen) atoms. The van der Waals surface area contributed by atoms with Crippen molar-refractivity contribution in [2.75, 3.05) is 14.2 Å². The van der Waals surface area contributed by atoms with E-state index in [1.807, 2.05) is 0 Å². The Morgan fingerprint density at radius 1 is 1.04 bits per heavy atom. The van der Waals surface area contributed by atoms with Crippen LogP contribution in [0.3, 0.4) is 0 Å². The molecule has 0 atom stereocenters. The number of benzene rings is 2. The second-order valence-electron chi connectivity index (χ2n) is 5.94. The molecule has 2 aromatic rings. The molecule has 7 nitrogen and oxygen atoms in total. The fourth-order valence-electron chi connectivity index (χ4n) is 2.72. The minimum absolute atomic E-state index is 0.106. The number of amides is 4. The summed E-state index contributed by atoms with van der Waals surface area (Å²) < 4.78 is 23.5. The molecule has 0 radical (unpaired) electrons. The molecule has 0 bridgehead atoms. The number of halogens is 1. The fraction of sp³-hybridized carbons (Fsp3) is 0.150. The number of nitrogens with zero attached hydrogens (tertiary/aromatic N) is 1. The third kappa shape index (κ3) is 3.85. The Hall–Kier alpha value is -3.68. The molecular weight excluding hydrogens is 367 g/mol. The van der Waals surface area contributed by atoms with Gasteiger partial charge in [0.2, 0.25) is 0 Å². The average molecular weight is 384 g/mol. The van der Waals surface area contributed by atoms with E-state index in [0.717, 1.165) is 4.90 Å². The van der Waals surface area contributed by atoms with E-state index in [2.05, 4.69) is 5.32 Å². The molecule has 3 rings (SSSR count). The average Bonchev–Trinajstić information content (AvgIpc) is 2.69. The Kier molecular flexibility index (Phi) is 5.39. The molecule has 0 saturated carbocycles. The molecule has 0 spiro atoms. The highest BCUT2D eigenvalue weighted by atomic mass is 19.1. The van der Waals surface area contributed by atoms with Crippen LogP contribution in [0.15, 0.2) is 48.0 Å². The van der Waals surface area contributed by atoms with Gasteiger partial charge >= 0.3 is 6.03 Å². The third-order valence-electron chi connectivity index (χ3n) is 4.18. The summed E-state index contributed by atoms with van der Waals surface area (Å²) in [5.41, 5.74) is 0.752. The van der Waals surface area contributed by atoms with Gasteiger partial charge in [-0.3, -0.25) is 19.8 Å². The molecule has 1 saturated heterocycles. The van der Waals surface area contributed by atoms with Crippen molar-refractivity contribution in [3.05, 3.63) is 65.0 Å². The van der Waals surface area contributed by atoms with Gasteiger partial charge in [0.25, 0.3) is 11.8 Å². The number of hydrogen-bond acceptors (Lipinski definition) is 5. The minimum atomic E-state index is -0.839. The molecule has 1 N–H and O–H groups in total. The van der Waals surface area contributed by atoms with Gasteiger partial charge in [-0.05, 0) is 42.0 Å². The Morgan fingerprint density at radius 3 is 2.39 bits per heavy atom. The molecule has 8 heteroatoms. The summed E-state index contributed by atoms with van der Waals surface area (Å²) in [6, 6.07) is 9.45. The van der Waals surface area contributed by atoms with Crippen LogP contribution < -0.4 is 14.8 Å². The predicted octanol–water partition coefficient (Wildman–Crippen LogP) is 2.50. The maximum Gasteiger partial charge on any atom is 0.331 e. The van der Waals surface area contributed by atoms with E-state index in [9.17, 15) is 18.8 Å². The molecule has 2 aromatic carbocycles. The number of rotatable bonds is 5. The van der Waals surface area contributed by atoms with Gasteiger partial charge in [0.05, 0.1) is 20.8 Å². The number of barbiturate groups is 1. The number of nitrogens with one attached hydrogen (secondary N) is 1. The quantitative estimate of drug-likeness (QED) is 0.633. The first kappa shape index (κ1) is 19.1. The minimum Gasteiger partial charge on any atom is -0.497 e. The van der Waals surface area contributed by atoms with E-state index in [-0.39, 0.29) is 12.1 Å². The second kappa shape index (κ2) is 7.91. The number of ether oxygens (including phenoxy) is 2. The topological polar surface area (TPSA) is 84.9 Å². The van der Waals surface area contributed by atoms with E-state index in [1.165, 1.54) is 44.6 Å². The highest BCUT2D eigenvalue weighted by Crippen LogP contribution is 2.27. The summed E-state index contributed by atoms with van der Waals surface area (Å²) in [4.78, 5) is 38.1. The number of carbonyl (C=O) groups excluding carboxylic acids is 3. The van der Waals surface area contributed by atoms with Crippen LogP contribution >= 0.6 is 0 Å². The molecule has 1 fully saturated rings. The Bertz CT molecular complexity index is 969. The molecule has 144 valence electrons. The zero-order chi connectivity index (χ0) is 20.3. The zero-order valence-corrected chi connectivity index (χ0v) is 15.2. The lowest BCUT2D eigenvalue weighted by Crippen LogP contribution is -2.53. The SMILES string of the molecule is COc1ccc(OC)c(C=C2C(=O)NC(=O)N(Cc3ccc(F)cc3)C2=O)c1. The van der Waals surface area contributed by atoms with E-state index in [4.69, 9.17) is 9.47 Å². The fourth-order valence-corrected chi connectivity index (χ4v) is 2.72. The molecule has 0 unspecified atom stereocenters. The Labute approximate surface area is 160 Å². The van der Waals surface area contributed by atoms with E-state index < -0.39 is 23.7 Å². The second-order valence-corrected chi connectivity index (χ2v) is 5.94. The van der Waals surface area contributed by atoms with Gasteiger partial charge in [-0.1, -0.05) is 12.1 Å². The lowest BCUT2D eigenvalue weighted by Gasteiger charge is -2.26. The molecule has 1 aliphatic heterocycles. The van der Waals surface area contributed by atoms with Gasteiger partial charge in [0.1, 0.15) is 22.9 Å². The number of hydrogen-bond donors (Lipinski definition) is 1. The van der Waals surface area contributed by atoms with Gasteiger partial charge < -0.3 is 9.47 Å². The monoisotopic (exact) mass is 384 g/mol. The van der Waals surface area contributed by atoms with Crippen molar-refractivity contribution in [2.45, 2.75) is 6.54 Å². The lowest BCUT2D eigenvalue weighted by molar-refractivity contribution is -0.130. The highest BCUT2D eigenvalue weighted by Gasteiger charge is 2.35. The van der Waals surface area contributed by atoms with Crippen molar-refractivity contribution in [3.63, 3.8) is 0 Å². The van der Waals surface area contributed by atoms with Gasteiger partial charge in [-0.2, -0.15) is 0 Å².